The van der Waals surface area contributed by atoms with Crippen molar-refractivity contribution in [1.82, 2.24) is 20.6 Å². The lowest BCUT2D eigenvalue weighted by molar-refractivity contribution is 0.0846. The van der Waals surface area contributed by atoms with Crippen molar-refractivity contribution in [3.05, 3.63) is 77.4 Å². The van der Waals surface area contributed by atoms with E-state index in [0.29, 0.717) is 22.5 Å². The zero-order chi connectivity index (χ0) is 21.7. The van der Waals surface area contributed by atoms with Gasteiger partial charge in [-0.15, -0.1) is 0 Å². The van der Waals surface area contributed by atoms with Crippen molar-refractivity contribution < 1.29 is 14.0 Å². The van der Waals surface area contributed by atoms with Gasteiger partial charge in [0.15, 0.2) is 0 Å². The highest BCUT2D eigenvalue weighted by Crippen LogP contribution is 2.16. The van der Waals surface area contributed by atoms with E-state index in [1.807, 2.05) is 12.1 Å². The number of amides is 2. The fourth-order valence-electron chi connectivity index (χ4n) is 3.14. The van der Waals surface area contributed by atoms with E-state index < -0.39 is 11.8 Å². The lowest BCUT2D eigenvalue weighted by atomic mass is 10.2. The Hall–Kier alpha value is -3.68. The molecule has 1 heterocycles. The minimum atomic E-state index is -0.492. The Labute approximate surface area is 174 Å². The quantitative estimate of drug-likeness (QED) is 0.613. The smallest absolute Gasteiger partial charge is 0.273 e. The van der Waals surface area contributed by atoms with Gasteiger partial charge in [0, 0.05) is 24.3 Å². The molecule has 0 saturated heterocycles. The number of nitrogens with zero attached hydrogens (tertiary/aromatic N) is 3. The third kappa shape index (κ3) is 4.48. The summed E-state index contributed by atoms with van der Waals surface area (Å²) < 4.78 is 14.6. The van der Waals surface area contributed by atoms with Gasteiger partial charge in [-0.25, -0.2) is 9.07 Å². The number of hydrazine groups is 1. The average Bonchev–Trinajstić information content (AvgIpc) is 3.15. The first-order valence-electron chi connectivity index (χ1n) is 9.70. The maximum atomic E-state index is 13.1. The number of anilines is 1. The Morgan fingerprint density at radius 2 is 1.57 bits per heavy atom. The highest BCUT2D eigenvalue weighted by molar-refractivity contribution is 5.99. The number of aromatic nitrogens is 2. The summed E-state index contributed by atoms with van der Waals surface area (Å²) in [5, 5.41) is 4.18. The molecule has 0 fully saturated rings. The fraction of sp³-hybridized carbons (Fsp3) is 0.227. The number of benzene rings is 2. The van der Waals surface area contributed by atoms with Gasteiger partial charge < -0.3 is 4.90 Å². The molecular formula is C22H24FN5O2. The number of carbonyl (C=O) groups excluding carboxylic acids is 2. The number of hydrogen-bond donors (Lipinski definition) is 2. The third-order valence-corrected chi connectivity index (χ3v) is 4.87. The molecule has 3 aromatic rings. The first-order chi connectivity index (χ1) is 14.4. The average molecular weight is 409 g/mol. The highest BCUT2D eigenvalue weighted by atomic mass is 19.1. The van der Waals surface area contributed by atoms with Gasteiger partial charge in [-0.1, -0.05) is 0 Å². The summed E-state index contributed by atoms with van der Waals surface area (Å²) in [6.45, 7) is 7.62. The summed E-state index contributed by atoms with van der Waals surface area (Å²) in [5.74, 6) is -1.26. The Balaban J connectivity index is 1.64. The molecule has 0 bridgehead atoms. The number of carbonyl (C=O) groups is 2. The monoisotopic (exact) mass is 409 g/mol. The molecule has 0 saturated carbocycles. The van der Waals surface area contributed by atoms with E-state index >= 15 is 0 Å². The normalized spacial score (nSPS) is 10.5. The molecule has 2 N–H and O–H groups in total. The van der Waals surface area contributed by atoms with Gasteiger partial charge in [-0.3, -0.25) is 20.4 Å². The van der Waals surface area contributed by atoms with Crippen molar-refractivity contribution in [3.8, 4) is 5.69 Å². The minimum absolute atomic E-state index is 0.302. The molecule has 2 amide bonds. The van der Waals surface area contributed by atoms with E-state index in [9.17, 15) is 14.0 Å². The number of halogens is 1. The minimum Gasteiger partial charge on any atom is -0.372 e. The summed E-state index contributed by atoms with van der Waals surface area (Å²) in [6.07, 6.45) is 1.40. The van der Waals surface area contributed by atoms with E-state index in [2.05, 4.69) is 34.7 Å². The molecule has 3 rings (SSSR count). The van der Waals surface area contributed by atoms with Crippen molar-refractivity contribution in [3.63, 3.8) is 0 Å². The maximum absolute atomic E-state index is 13.1. The summed E-state index contributed by atoms with van der Waals surface area (Å²) in [5.41, 5.74) is 7.79. The third-order valence-electron chi connectivity index (χ3n) is 4.87. The van der Waals surface area contributed by atoms with Gasteiger partial charge in [0.2, 0.25) is 0 Å². The molecule has 0 unspecified atom stereocenters. The van der Waals surface area contributed by atoms with E-state index in [1.54, 1.807) is 31.2 Å². The van der Waals surface area contributed by atoms with Crippen LogP contribution < -0.4 is 15.8 Å². The molecular weight excluding hydrogens is 385 g/mol. The Morgan fingerprint density at radius 1 is 0.967 bits per heavy atom. The molecule has 0 radical (unpaired) electrons. The van der Waals surface area contributed by atoms with Crippen LogP contribution in [0.25, 0.3) is 5.69 Å². The van der Waals surface area contributed by atoms with Crippen LogP contribution in [0.3, 0.4) is 0 Å². The zero-order valence-corrected chi connectivity index (χ0v) is 17.1. The van der Waals surface area contributed by atoms with Crippen LogP contribution in [0.2, 0.25) is 0 Å². The van der Waals surface area contributed by atoms with Gasteiger partial charge in [0.05, 0.1) is 23.1 Å². The summed E-state index contributed by atoms with van der Waals surface area (Å²) >= 11 is 0. The molecule has 156 valence electrons. The van der Waals surface area contributed by atoms with Crippen molar-refractivity contribution in [2.45, 2.75) is 20.8 Å². The van der Waals surface area contributed by atoms with Crippen LogP contribution >= 0.6 is 0 Å². The van der Waals surface area contributed by atoms with Crippen molar-refractivity contribution >= 4 is 17.5 Å². The van der Waals surface area contributed by atoms with Crippen LogP contribution in [-0.4, -0.2) is 34.7 Å². The van der Waals surface area contributed by atoms with E-state index in [4.69, 9.17) is 0 Å². The fourth-order valence-corrected chi connectivity index (χ4v) is 3.14. The van der Waals surface area contributed by atoms with Gasteiger partial charge in [-0.05, 0) is 69.3 Å². The predicted molar refractivity (Wildman–Crippen MR) is 113 cm³/mol. The van der Waals surface area contributed by atoms with Gasteiger partial charge in [-0.2, -0.15) is 5.10 Å². The summed E-state index contributed by atoms with van der Waals surface area (Å²) in [6, 6.07) is 13.0. The summed E-state index contributed by atoms with van der Waals surface area (Å²) in [4.78, 5) is 27.0. The van der Waals surface area contributed by atoms with E-state index in [0.717, 1.165) is 18.8 Å². The number of hydrogen-bond acceptors (Lipinski definition) is 4. The molecule has 0 aliphatic carbocycles. The second-order valence-electron chi connectivity index (χ2n) is 6.66. The Morgan fingerprint density at radius 3 is 2.17 bits per heavy atom. The van der Waals surface area contributed by atoms with Gasteiger partial charge >= 0.3 is 0 Å². The number of rotatable bonds is 6. The highest BCUT2D eigenvalue weighted by Gasteiger charge is 2.16. The van der Waals surface area contributed by atoms with Crippen LogP contribution in [0.5, 0.6) is 0 Å². The lowest BCUT2D eigenvalue weighted by Gasteiger charge is -2.21. The summed E-state index contributed by atoms with van der Waals surface area (Å²) in [7, 11) is 0. The molecule has 30 heavy (non-hydrogen) atoms. The molecule has 0 atom stereocenters. The van der Waals surface area contributed by atoms with Crippen LogP contribution in [0, 0.1) is 12.7 Å². The first-order valence-corrected chi connectivity index (χ1v) is 9.70. The molecule has 7 nitrogen and oxygen atoms in total. The molecule has 0 aliphatic rings. The second kappa shape index (κ2) is 9.21. The Bertz CT molecular complexity index is 1020. The molecule has 8 heteroatoms. The standard InChI is InChI=1S/C22H24FN5O2/c1-4-27(5-2)18-10-6-16(7-11-18)21(29)25-26-22(30)20-14-24-28(15(20)3)19-12-8-17(23)9-13-19/h6-14H,4-5H2,1-3H3,(H,25,29)(H,26,30). The molecule has 1 aromatic heterocycles. The van der Waals surface area contributed by atoms with Gasteiger partial charge in [0.1, 0.15) is 5.82 Å². The topological polar surface area (TPSA) is 79.3 Å². The predicted octanol–water partition coefficient (Wildman–Crippen LogP) is 3.24. The van der Waals surface area contributed by atoms with Gasteiger partial charge in [0.25, 0.3) is 11.8 Å². The molecule has 2 aromatic carbocycles. The van der Waals surface area contributed by atoms with Crippen molar-refractivity contribution in [1.29, 1.82) is 0 Å². The largest absolute Gasteiger partial charge is 0.372 e. The van der Waals surface area contributed by atoms with Crippen LogP contribution in [0.15, 0.2) is 54.7 Å². The Kier molecular flexibility index (Phi) is 6.46. The molecule has 0 spiro atoms. The van der Waals surface area contributed by atoms with E-state index in [1.165, 1.54) is 23.0 Å². The van der Waals surface area contributed by atoms with E-state index in [-0.39, 0.29) is 5.82 Å². The van der Waals surface area contributed by atoms with Crippen LogP contribution in [-0.2, 0) is 0 Å². The van der Waals surface area contributed by atoms with Crippen molar-refractivity contribution in [2.75, 3.05) is 18.0 Å². The lowest BCUT2D eigenvalue weighted by Crippen LogP contribution is -2.41. The van der Waals surface area contributed by atoms with Crippen LogP contribution in [0.1, 0.15) is 40.3 Å². The van der Waals surface area contributed by atoms with Crippen LogP contribution in [0.4, 0.5) is 10.1 Å². The van der Waals surface area contributed by atoms with Crippen molar-refractivity contribution in [2.24, 2.45) is 0 Å². The number of nitrogens with one attached hydrogen (secondary N) is 2. The zero-order valence-electron chi connectivity index (χ0n) is 17.1. The SMILES string of the molecule is CCN(CC)c1ccc(C(=O)NNC(=O)c2cnn(-c3ccc(F)cc3)c2C)cc1. The maximum Gasteiger partial charge on any atom is 0.273 e. The molecule has 0 aliphatic heterocycles. The first kappa shape index (κ1) is 21.0. The second-order valence-corrected chi connectivity index (χ2v) is 6.66.